The zero-order chi connectivity index (χ0) is 15.8. The van der Waals surface area contributed by atoms with Crippen molar-refractivity contribution in [2.75, 3.05) is 0 Å². The lowest BCUT2D eigenvalue weighted by Crippen LogP contribution is -2.21. The van der Waals surface area contributed by atoms with Crippen molar-refractivity contribution < 1.29 is 41.8 Å². The van der Waals surface area contributed by atoms with Gasteiger partial charge in [0.05, 0.1) is 10.2 Å². The average Bonchev–Trinajstić information content (AvgIpc) is 2.24. The molecule has 1 heterocycles. The molecular formula is C9H4F5NO4S. The molecular weight excluding hydrogens is 313 g/mol. The highest BCUT2D eigenvalue weighted by molar-refractivity contribution is 7.71. The number of pyridine rings is 1. The lowest BCUT2D eigenvalue weighted by molar-refractivity contribution is -0.142. The van der Waals surface area contributed by atoms with Gasteiger partial charge >= 0.3 is 18.1 Å². The Bertz CT molecular complexity index is 636. The van der Waals surface area contributed by atoms with E-state index in [0.717, 1.165) is 4.98 Å². The number of aromatic nitrogens is 1. The quantitative estimate of drug-likeness (QED) is 0.589. The van der Waals surface area contributed by atoms with Crippen LogP contribution in [0.15, 0.2) is 0 Å². The summed E-state index contributed by atoms with van der Waals surface area (Å²) in [6, 6.07) is 0. The van der Waals surface area contributed by atoms with E-state index in [1.165, 1.54) is 0 Å². The second kappa shape index (κ2) is 5.15. The van der Waals surface area contributed by atoms with E-state index in [2.05, 4.69) is 12.2 Å². The highest BCUT2D eigenvalue weighted by Gasteiger charge is 2.40. The molecule has 11 heteroatoms. The highest BCUT2D eigenvalue weighted by Crippen LogP contribution is 2.34. The monoisotopic (exact) mass is 317 g/mol. The van der Waals surface area contributed by atoms with E-state index in [1.807, 2.05) is 0 Å². The summed E-state index contributed by atoms with van der Waals surface area (Å²) in [7, 11) is 0. The summed E-state index contributed by atoms with van der Waals surface area (Å²) in [4.78, 5) is 22.7. The maximum atomic E-state index is 12.6. The Balaban J connectivity index is 3.95. The molecule has 20 heavy (non-hydrogen) atoms. The van der Waals surface area contributed by atoms with E-state index < -0.39 is 51.6 Å². The highest BCUT2D eigenvalue weighted by atomic mass is 32.1. The smallest absolute Gasteiger partial charge is 0.432 e. The fourth-order valence-electron chi connectivity index (χ4n) is 1.41. The predicted molar refractivity (Wildman–Crippen MR) is 55.5 cm³/mol. The third-order valence-corrected chi connectivity index (χ3v) is 2.57. The number of rotatable bonds is 3. The zero-order valence-corrected chi connectivity index (χ0v) is 9.90. The molecule has 1 aromatic heterocycles. The van der Waals surface area contributed by atoms with Crippen molar-refractivity contribution in [1.29, 1.82) is 0 Å². The van der Waals surface area contributed by atoms with Crippen LogP contribution in [-0.2, 0) is 6.18 Å². The zero-order valence-electron chi connectivity index (χ0n) is 9.09. The van der Waals surface area contributed by atoms with Crippen LogP contribution in [0, 0.1) is 4.51 Å². The van der Waals surface area contributed by atoms with Gasteiger partial charge < -0.3 is 15.2 Å². The summed E-state index contributed by atoms with van der Waals surface area (Å²) < 4.78 is 61.8. The van der Waals surface area contributed by atoms with Crippen molar-refractivity contribution in [3.63, 3.8) is 0 Å². The normalized spacial score (nSPS) is 11.7. The largest absolute Gasteiger partial charge is 0.478 e. The first kappa shape index (κ1) is 16.0. The van der Waals surface area contributed by atoms with E-state index in [9.17, 15) is 31.5 Å². The van der Waals surface area contributed by atoms with Crippen molar-refractivity contribution in [3.8, 4) is 0 Å². The second-order valence-corrected chi connectivity index (χ2v) is 3.81. The molecule has 0 aliphatic carbocycles. The summed E-state index contributed by atoms with van der Waals surface area (Å²) >= 11 is 4.29. The molecule has 0 aromatic carbocycles. The topological polar surface area (TPSA) is 90.4 Å². The van der Waals surface area contributed by atoms with Gasteiger partial charge in [0.2, 0.25) is 0 Å². The van der Waals surface area contributed by atoms with Crippen LogP contribution in [0.25, 0.3) is 0 Å². The predicted octanol–water partition coefficient (Wildman–Crippen LogP) is 3.10. The van der Waals surface area contributed by atoms with Crippen LogP contribution in [-0.4, -0.2) is 27.1 Å². The lowest BCUT2D eigenvalue weighted by atomic mass is 10.1. The van der Waals surface area contributed by atoms with Crippen LogP contribution in [0.3, 0.4) is 0 Å². The maximum absolute atomic E-state index is 12.6. The van der Waals surface area contributed by atoms with E-state index in [1.54, 1.807) is 0 Å². The Hall–Kier alpha value is -2.04. The van der Waals surface area contributed by atoms with Gasteiger partial charge in [-0.15, -0.1) is 0 Å². The molecule has 0 spiro atoms. The summed E-state index contributed by atoms with van der Waals surface area (Å²) in [5.74, 6) is -4.24. The van der Waals surface area contributed by atoms with Gasteiger partial charge in [0, 0.05) is 0 Å². The summed E-state index contributed by atoms with van der Waals surface area (Å²) in [5.41, 5.74) is -6.59. The SMILES string of the molecule is O=C(O)c1c(C(F)F)[nH]c(C(F)(F)F)c(C(=O)O)c1=S. The first-order chi connectivity index (χ1) is 8.98. The van der Waals surface area contributed by atoms with Crippen LogP contribution in [0.2, 0.25) is 0 Å². The number of hydrogen-bond donors (Lipinski definition) is 3. The van der Waals surface area contributed by atoms with Gasteiger partial charge in [-0.25, -0.2) is 18.4 Å². The van der Waals surface area contributed by atoms with Crippen molar-refractivity contribution in [1.82, 2.24) is 4.98 Å². The molecule has 0 amide bonds. The fourth-order valence-corrected chi connectivity index (χ4v) is 1.80. The maximum Gasteiger partial charge on any atom is 0.432 e. The standard InChI is InChI=1S/C9H4F5NO4S/c10-6(11)3-1(7(16)17)4(20)2(8(18)19)5(15-3)9(12,13)14/h6H,(H,15,20)(H,16,17)(H,18,19). The van der Waals surface area contributed by atoms with E-state index in [0.29, 0.717) is 0 Å². The molecule has 3 N–H and O–H groups in total. The van der Waals surface area contributed by atoms with Gasteiger partial charge in [-0.3, -0.25) is 0 Å². The minimum absolute atomic E-state index is 1.12. The van der Waals surface area contributed by atoms with Crippen LogP contribution >= 0.6 is 12.2 Å². The first-order valence-corrected chi connectivity index (χ1v) is 5.01. The molecule has 110 valence electrons. The van der Waals surface area contributed by atoms with Gasteiger partial charge in [-0.1, -0.05) is 12.2 Å². The van der Waals surface area contributed by atoms with Gasteiger partial charge in [-0.05, 0) is 0 Å². The molecule has 0 atom stereocenters. The number of aromatic carboxylic acids is 2. The Kier molecular flexibility index (Phi) is 4.12. The number of halogens is 5. The van der Waals surface area contributed by atoms with Crippen molar-refractivity contribution in [2.45, 2.75) is 12.6 Å². The van der Waals surface area contributed by atoms with E-state index in [-0.39, 0.29) is 0 Å². The molecule has 5 nitrogen and oxygen atoms in total. The van der Waals surface area contributed by atoms with Crippen LogP contribution in [0.4, 0.5) is 22.0 Å². The van der Waals surface area contributed by atoms with Crippen molar-refractivity contribution in [2.24, 2.45) is 0 Å². The Morgan fingerprint density at radius 2 is 1.55 bits per heavy atom. The number of carboxylic acids is 2. The number of alkyl halides is 5. The van der Waals surface area contributed by atoms with Crippen LogP contribution in [0.5, 0.6) is 0 Å². The number of nitrogens with one attached hydrogen (secondary N) is 1. The first-order valence-electron chi connectivity index (χ1n) is 4.60. The van der Waals surface area contributed by atoms with Crippen molar-refractivity contribution >= 4 is 24.2 Å². The molecule has 0 aliphatic heterocycles. The number of carboxylic acid groups (broad SMARTS) is 2. The van der Waals surface area contributed by atoms with Gasteiger partial charge in [-0.2, -0.15) is 13.2 Å². The lowest BCUT2D eigenvalue weighted by Gasteiger charge is -2.15. The molecule has 1 rings (SSSR count). The number of H-pyrrole nitrogens is 1. The van der Waals surface area contributed by atoms with Gasteiger partial charge in [0.25, 0.3) is 6.43 Å². The molecule has 0 fully saturated rings. The molecule has 1 aromatic rings. The van der Waals surface area contributed by atoms with E-state index in [4.69, 9.17) is 10.2 Å². The summed E-state index contributed by atoms with van der Waals surface area (Å²) in [6.07, 6.45) is -8.92. The second-order valence-electron chi connectivity index (χ2n) is 3.40. The summed E-state index contributed by atoms with van der Waals surface area (Å²) in [5, 5.41) is 17.4. The minimum atomic E-state index is -5.32. The summed E-state index contributed by atoms with van der Waals surface area (Å²) in [6.45, 7) is 0. The molecule has 0 saturated heterocycles. The Labute approximate surface area is 111 Å². The average molecular weight is 317 g/mol. The van der Waals surface area contributed by atoms with Crippen LogP contribution in [0.1, 0.15) is 38.5 Å². The van der Waals surface area contributed by atoms with Crippen LogP contribution < -0.4 is 0 Å². The Morgan fingerprint density at radius 3 is 1.85 bits per heavy atom. The Morgan fingerprint density at radius 1 is 1.10 bits per heavy atom. The molecule has 0 aliphatic rings. The number of hydrogen-bond acceptors (Lipinski definition) is 3. The third kappa shape index (κ3) is 2.76. The number of aromatic amines is 1. The van der Waals surface area contributed by atoms with Gasteiger partial charge in [0.15, 0.2) is 0 Å². The number of carbonyl (C=O) groups is 2. The molecule has 0 radical (unpaired) electrons. The molecule has 0 saturated carbocycles. The van der Waals surface area contributed by atoms with Gasteiger partial charge in [0.1, 0.15) is 16.8 Å². The third-order valence-electron chi connectivity index (χ3n) is 2.16. The minimum Gasteiger partial charge on any atom is -0.478 e. The van der Waals surface area contributed by atoms with E-state index >= 15 is 0 Å². The molecule has 0 unspecified atom stereocenters. The molecule has 0 bridgehead atoms. The fraction of sp³-hybridized carbons (Fsp3) is 0.222. The van der Waals surface area contributed by atoms with Crippen molar-refractivity contribution in [3.05, 3.63) is 27.0 Å².